The second-order valence-electron chi connectivity index (χ2n) is 3.57. The van der Waals surface area contributed by atoms with E-state index in [1.165, 1.54) is 0 Å². The van der Waals surface area contributed by atoms with E-state index in [0.717, 1.165) is 16.9 Å². The molecule has 1 aromatic carbocycles. The Morgan fingerprint density at radius 2 is 2.07 bits per heavy atom. The molecule has 0 aliphatic heterocycles. The molecular formula is C11H12ClN3. The topological polar surface area (TPSA) is 43.8 Å². The van der Waals surface area contributed by atoms with Gasteiger partial charge in [0.25, 0.3) is 0 Å². The SMILES string of the molecule is Cc1ccc(-n2cc(Cl)c(C)n2)c(N)c1. The number of halogens is 1. The van der Waals surface area contributed by atoms with Gasteiger partial charge in [0, 0.05) is 6.20 Å². The van der Waals surface area contributed by atoms with Crippen LogP contribution in [0, 0.1) is 13.8 Å². The standard InChI is InChI=1S/C11H12ClN3/c1-7-3-4-11(10(13)5-7)15-6-9(12)8(2)14-15/h3-6H,13H2,1-2H3. The maximum absolute atomic E-state index is 5.94. The molecule has 1 aromatic heterocycles. The van der Waals surface area contributed by atoms with E-state index >= 15 is 0 Å². The van der Waals surface area contributed by atoms with E-state index in [1.807, 2.05) is 32.0 Å². The van der Waals surface area contributed by atoms with E-state index in [1.54, 1.807) is 10.9 Å². The highest BCUT2D eigenvalue weighted by Crippen LogP contribution is 2.21. The molecule has 4 heteroatoms. The lowest BCUT2D eigenvalue weighted by molar-refractivity contribution is 0.864. The molecule has 0 unspecified atom stereocenters. The van der Waals surface area contributed by atoms with E-state index in [4.69, 9.17) is 17.3 Å². The van der Waals surface area contributed by atoms with E-state index < -0.39 is 0 Å². The number of rotatable bonds is 1. The number of anilines is 1. The van der Waals surface area contributed by atoms with Gasteiger partial charge in [0.2, 0.25) is 0 Å². The highest BCUT2D eigenvalue weighted by atomic mass is 35.5. The van der Waals surface area contributed by atoms with Gasteiger partial charge in [-0.2, -0.15) is 5.10 Å². The van der Waals surface area contributed by atoms with Crippen molar-refractivity contribution < 1.29 is 0 Å². The molecule has 3 nitrogen and oxygen atoms in total. The number of hydrogen-bond donors (Lipinski definition) is 1. The van der Waals surface area contributed by atoms with Crippen LogP contribution in [0.5, 0.6) is 0 Å². The van der Waals surface area contributed by atoms with Gasteiger partial charge in [-0.15, -0.1) is 0 Å². The summed E-state index contributed by atoms with van der Waals surface area (Å²) >= 11 is 5.94. The van der Waals surface area contributed by atoms with Crippen LogP contribution in [-0.4, -0.2) is 9.78 Å². The number of aryl methyl sites for hydroxylation is 2. The minimum Gasteiger partial charge on any atom is -0.397 e. The lowest BCUT2D eigenvalue weighted by Gasteiger charge is -2.05. The molecular weight excluding hydrogens is 210 g/mol. The van der Waals surface area contributed by atoms with Crippen molar-refractivity contribution in [1.29, 1.82) is 0 Å². The number of nitrogens with two attached hydrogens (primary N) is 1. The Kier molecular flexibility index (Phi) is 2.40. The zero-order valence-corrected chi connectivity index (χ0v) is 9.42. The van der Waals surface area contributed by atoms with Gasteiger partial charge in [-0.05, 0) is 31.5 Å². The van der Waals surface area contributed by atoms with Crippen LogP contribution in [0.1, 0.15) is 11.3 Å². The Morgan fingerprint density at radius 3 is 2.60 bits per heavy atom. The van der Waals surface area contributed by atoms with Crippen molar-refractivity contribution >= 4 is 17.3 Å². The van der Waals surface area contributed by atoms with Gasteiger partial charge in [0.15, 0.2) is 0 Å². The van der Waals surface area contributed by atoms with Gasteiger partial charge in [-0.1, -0.05) is 17.7 Å². The molecule has 0 fully saturated rings. The highest BCUT2D eigenvalue weighted by molar-refractivity contribution is 6.31. The Hall–Kier alpha value is -1.48. The first-order valence-corrected chi connectivity index (χ1v) is 5.04. The van der Waals surface area contributed by atoms with Crippen LogP contribution < -0.4 is 5.73 Å². The Bertz CT molecular complexity index is 483. The second-order valence-corrected chi connectivity index (χ2v) is 3.98. The first kappa shape index (κ1) is 10.1. The number of aromatic nitrogens is 2. The van der Waals surface area contributed by atoms with Gasteiger partial charge in [-0.25, -0.2) is 4.68 Å². The van der Waals surface area contributed by atoms with Crippen molar-refractivity contribution in [3.05, 3.63) is 40.7 Å². The van der Waals surface area contributed by atoms with Crippen molar-refractivity contribution in [2.45, 2.75) is 13.8 Å². The molecule has 0 aliphatic rings. The predicted octanol–water partition coefficient (Wildman–Crippen LogP) is 2.72. The van der Waals surface area contributed by atoms with Crippen molar-refractivity contribution in [2.24, 2.45) is 0 Å². The molecule has 15 heavy (non-hydrogen) atoms. The lowest BCUT2D eigenvalue weighted by Crippen LogP contribution is -2.00. The average molecular weight is 222 g/mol. The average Bonchev–Trinajstić information content (AvgIpc) is 2.46. The fourth-order valence-corrected chi connectivity index (χ4v) is 1.58. The van der Waals surface area contributed by atoms with Gasteiger partial charge in [-0.3, -0.25) is 0 Å². The van der Waals surface area contributed by atoms with Crippen LogP contribution in [0.15, 0.2) is 24.4 Å². The summed E-state index contributed by atoms with van der Waals surface area (Å²) in [6, 6.07) is 5.85. The largest absolute Gasteiger partial charge is 0.397 e. The van der Waals surface area contributed by atoms with Crippen molar-refractivity contribution in [3.63, 3.8) is 0 Å². The summed E-state index contributed by atoms with van der Waals surface area (Å²) < 4.78 is 1.70. The molecule has 0 saturated carbocycles. The van der Waals surface area contributed by atoms with Gasteiger partial charge in [0.05, 0.1) is 22.1 Å². The van der Waals surface area contributed by atoms with Crippen molar-refractivity contribution in [3.8, 4) is 5.69 Å². The molecule has 2 aromatic rings. The van der Waals surface area contributed by atoms with Crippen LogP contribution in [-0.2, 0) is 0 Å². The normalized spacial score (nSPS) is 10.6. The van der Waals surface area contributed by atoms with Crippen LogP contribution in [0.3, 0.4) is 0 Å². The van der Waals surface area contributed by atoms with Crippen LogP contribution in [0.25, 0.3) is 5.69 Å². The van der Waals surface area contributed by atoms with E-state index in [-0.39, 0.29) is 0 Å². The summed E-state index contributed by atoms with van der Waals surface area (Å²) in [7, 11) is 0. The number of nitrogens with zero attached hydrogens (tertiary/aromatic N) is 2. The number of nitrogen functional groups attached to an aromatic ring is 1. The molecule has 2 N–H and O–H groups in total. The molecule has 0 spiro atoms. The van der Waals surface area contributed by atoms with Gasteiger partial charge >= 0.3 is 0 Å². The molecule has 0 radical (unpaired) electrons. The Morgan fingerprint density at radius 1 is 1.33 bits per heavy atom. The minimum absolute atomic E-state index is 0.648. The summed E-state index contributed by atoms with van der Waals surface area (Å²) in [5.74, 6) is 0. The fraction of sp³-hybridized carbons (Fsp3) is 0.182. The molecule has 0 amide bonds. The highest BCUT2D eigenvalue weighted by Gasteiger charge is 2.06. The molecule has 0 aliphatic carbocycles. The minimum atomic E-state index is 0.648. The molecule has 2 rings (SSSR count). The van der Waals surface area contributed by atoms with Crippen molar-refractivity contribution in [1.82, 2.24) is 9.78 Å². The van der Waals surface area contributed by atoms with Crippen LogP contribution in [0.4, 0.5) is 5.69 Å². The second kappa shape index (κ2) is 3.59. The molecule has 0 saturated heterocycles. The Labute approximate surface area is 93.5 Å². The summed E-state index contributed by atoms with van der Waals surface area (Å²) in [6.07, 6.45) is 1.76. The fourth-order valence-electron chi connectivity index (χ4n) is 1.45. The third-order valence-electron chi connectivity index (χ3n) is 2.27. The first-order valence-electron chi connectivity index (χ1n) is 4.66. The molecule has 1 heterocycles. The number of benzene rings is 1. The van der Waals surface area contributed by atoms with E-state index in [0.29, 0.717) is 10.7 Å². The maximum Gasteiger partial charge on any atom is 0.0875 e. The summed E-state index contributed by atoms with van der Waals surface area (Å²) in [5.41, 5.74) is 9.40. The summed E-state index contributed by atoms with van der Waals surface area (Å²) in [6.45, 7) is 3.87. The van der Waals surface area contributed by atoms with Gasteiger partial charge in [0.1, 0.15) is 0 Å². The third kappa shape index (κ3) is 1.83. The van der Waals surface area contributed by atoms with Crippen molar-refractivity contribution in [2.75, 3.05) is 5.73 Å². The summed E-state index contributed by atoms with van der Waals surface area (Å²) in [4.78, 5) is 0. The Balaban J connectivity index is 2.54. The predicted molar refractivity (Wildman–Crippen MR) is 62.5 cm³/mol. The third-order valence-corrected chi connectivity index (χ3v) is 2.64. The van der Waals surface area contributed by atoms with Gasteiger partial charge < -0.3 is 5.73 Å². The molecule has 78 valence electrons. The number of hydrogen-bond acceptors (Lipinski definition) is 2. The summed E-state index contributed by atoms with van der Waals surface area (Å²) in [5, 5.41) is 4.92. The first-order chi connectivity index (χ1) is 7.08. The monoisotopic (exact) mass is 221 g/mol. The molecule has 0 atom stereocenters. The zero-order valence-electron chi connectivity index (χ0n) is 8.66. The van der Waals surface area contributed by atoms with E-state index in [2.05, 4.69) is 5.10 Å². The molecule has 0 bridgehead atoms. The zero-order chi connectivity index (χ0) is 11.0. The van der Waals surface area contributed by atoms with Crippen LogP contribution >= 0.6 is 11.6 Å². The maximum atomic E-state index is 5.94. The van der Waals surface area contributed by atoms with Crippen LogP contribution in [0.2, 0.25) is 5.02 Å². The quantitative estimate of drug-likeness (QED) is 0.753. The lowest BCUT2D eigenvalue weighted by atomic mass is 10.2. The smallest absolute Gasteiger partial charge is 0.0875 e. The van der Waals surface area contributed by atoms with E-state index in [9.17, 15) is 0 Å².